The summed E-state index contributed by atoms with van der Waals surface area (Å²) in [7, 11) is 0. The highest BCUT2D eigenvalue weighted by Gasteiger charge is 2.06. The number of hydrogen-bond donors (Lipinski definition) is 2. The summed E-state index contributed by atoms with van der Waals surface area (Å²) in [5.74, 6) is -0.812. The van der Waals surface area contributed by atoms with E-state index in [1.165, 1.54) is 18.2 Å². The number of carbonyl (C=O) groups excluding carboxylic acids is 2. The van der Waals surface area contributed by atoms with Crippen LogP contribution in [0.4, 0.5) is 10.1 Å². The van der Waals surface area contributed by atoms with Gasteiger partial charge in [0.05, 0.1) is 0 Å². The highest BCUT2D eigenvalue weighted by molar-refractivity contribution is 9.10. The van der Waals surface area contributed by atoms with Crippen molar-refractivity contribution < 1.29 is 14.0 Å². The fraction of sp³-hybridized carbons (Fsp3) is 0.158. The van der Waals surface area contributed by atoms with Gasteiger partial charge in [-0.15, -0.1) is 0 Å². The standard InChI is InChI=1S/C19H18BrFN2O2/c1-13-2-6-15(20)12-17(13)23-19(25)10-11-22-18(24)9-5-14-3-7-16(21)8-4-14/h2-9,12H,10-11H2,1H3,(H,22,24)(H,23,25)/b9-5+. The van der Waals surface area contributed by atoms with Crippen LogP contribution >= 0.6 is 15.9 Å². The van der Waals surface area contributed by atoms with Gasteiger partial charge in [-0.25, -0.2) is 4.39 Å². The molecule has 0 radical (unpaired) electrons. The van der Waals surface area contributed by atoms with Gasteiger partial charge in [-0.2, -0.15) is 0 Å². The smallest absolute Gasteiger partial charge is 0.244 e. The van der Waals surface area contributed by atoms with Crippen LogP contribution in [0.3, 0.4) is 0 Å². The monoisotopic (exact) mass is 404 g/mol. The van der Waals surface area contributed by atoms with Crippen LogP contribution < -0.4 is 10.6 Å². The first-order valence-electron chi connectivity index (χ1n) is 7.71. The van der Waals surface area contributed by atoms with Gasteiger partial charge in [-0.1, -0.05) is 34.1 Å². The maximum absolute atomic E-state index is 12.8. The lowest BCUT2D eigenvalue weighted by Crippen LogP contribution is -2.26. The predicted molar refractivity (Wildman–Crippen MR) is 101 cm³/mol. The summed E-state index contributed by atoms with van der Waals surface area (Å²) < 4.78 is 13.7. The minimum absolute atomic E-state index is 0.169. The molecule has 2 N–H and O–H groups in total. The number of hydrogen-bond acceptors (Lipinski definition) is 2. The lowest BCUT2D eigenvalue weighted by atomic mass is 10.2. The molecule has 0 aliphatic rings. The quantitative estimate of drug-likeness (QED) is 0.713. The van der Waals surface area contributed by atoms with Crippen molar-refractivity contribution in [3.05, 3.63) is 70.0 Å². The molecule has 25 heavy (non-hydrogen) atoms. The third-order valence-corrected chi connectivity index (χ3v) is 3.92. The molecular weight excluding hydrogens is 387 g/mol. The van der Waals surface area contributed by atoms with Crippen molar-refractivity contribution in [1.29, 1.82) is 0 Å². The van der Waals surface area contributed by atoms with Gasteiger partial charge >= 0.3 is 0 Å². The van der Waals surface area contributed by atoms with Gasteiger partial charge in [0.25, 0.3) is 0 Å². The second-order valence-electron chi connectivity index (χ2n) is 5.43. The zero-order valence-electron chi connectivity index (χ0n) is 13.7. The summed E-state index contributed by atoms with van der Waals surface area (Å²) in [6.07, 6.45) is 3.10. The Labute approximate surface area is 154 Å². The highest BCUT2D eigenvalue weighted by atomic mass is 79.9. The van der Waals surface area contributed by atoms with E-state index in [1.54, 1.807) is 18.2 Å². The molecule has 0 unspecified atom stereocenters. The molecule has 0 saturated heterocycles. The summed E-state index contributed by atoms with van der Waals surface area (Å²) >= 11 is 3.36. The molecule has 0 aromatic heterocycles. The molecule has 0 spiro atoms. The number of halogens is 2. The minimum Gasteiger partial charge on any atom is -0.352 e. The van der Waals surface area contributed by atoms with Crippen molar-refractivity contribution in [2.45, 2.75) is 13.3 Å². The number of rotatable bonds is 6. The Morgan fingerprint density at radius 3 is 2.60 bits per heavy atom. The first-order valence-corrected chi connectivity index (χ1v) is 8.51. The van der Waals surface area contributed by atoms with Crippen molar-refractivity contribution in [3.8, 4) is 0 Å². The van der Waals surface area contributed by atoms with Gasteiger partial charge in [0.15, 0.2) is 0 Å². The summed E-state index contributed by atoms with van der Waals surface area (Å²) in [6, 6.07) is 11.4. The first kappa shape index (κ1) is 18.9. The minimum atomic E-state index is -0.326. The molecule has 0 saturated carbocycles. The van der Waals surface area contributed by atoms with Gasteiger partial charge in [0.2, 0.25) is 11.8 Å². The van der Waals surface area contributed by atoms with Crippen molar-refractivity contribution in [3.63, 3.8) is 0 Å². The SMILES string of the molecule is Cc1ccc(Br)cc1NC(=O)CCNC(=O)/C=C/c1ccc(F)cc1. The van der Waals surface area contributed by atoms with Crippen LogP contribution in [0, 0.1) is 12.7 Å². The van der Waals surface area contributed by atoms with E-state index in [2.05, 4.69) is 26.6 Å². The third kappa shape index (κ3) is 6.51. The van der Waals surface area contributed by atoms with E-state index in [9.17, 15) is 14.0 Å². The van der Waals surface area contributed by atoms with Crippen molar-refractivity contribution in [2.24, 2.45) is 0 Å². The Balaban J connectivity index is 1.75. The Morgan fingerprint density at radius 1 is 1.16 bits per heavy atom. The van der Waals surface area contributed by atoms with E-state index in [-0.39, 0.29) is 30.6 Å². The van der Waals surface area contributed by atoms with Crippen molar-refractivity contribution >= 4 is 39.5 Å². The first-order chi connectivity index (χ1) is 11.9. The van der Waals surface area contributed by atoms with E-state index >= 15 is 0 Å². The predicted octanol–water partition coefficient (Wildman–Crippen LogP) is 4.05. The summed E-state index contributed by atoms with van der Waals surface area (Å²) in [5, 5.41) is 5.45. The van der Waals surface area contributed by atoms with E-state index in [0.29, 0.717) is 0 Å². The third-order valence-electron chi connectivity index (χ3n) is 3.42. The number of aryl methyl sites for hydroxylation is 1. The van der Waals surface area contributed by atoms with E-state index < -0.39 is 0 Å². The van der Waals surface area contributed by atoms with Crippen LogP contribution in [-0.2, 0) is 9.59 Å². The zero-order chi connectivity index (χ0) is 18.2. The zero-order valence-corrected chi connectivity index (χ0v) is 15.3. The molecule has 2 amide bonds. The molecular formula is C19H18BrFN2O2. The van der Waals surface area contributed by atoms with E-state index in [0.717, 1.165) is 21.3 Å². The summed E-state index contributed by atoms with van der Waals surface area (Å²) in [4.78, 5) is 23.6. The van der Waals surface area contributed by atoms with Crippen LogP contribution in [0.25, 0.3) is 6.08 Å². The fourth-order valence-electron chi connectivity index (χ4n) is 2.05. The Morgan fingerprint density at radius 2 is 1.88 bits per heavy atom. The molecule has 0 heterocycles. The second-order valence-corrected chi connectivity index (χ2v) is 6.35. The Kier molecular flexibility index (Phi) is 6.89. The van der Waals surface area contributed by atoms with Crippen molar-refractivity contribution in [1.82, 2.24) is 5.32 Å². The average Bonchev–Trinajstić information content (AvgIpc) is 2.57. The van der Waals surface area contributed by atoms with E-state index in [1.807, 2.05) is 25.1 Å². The highest BCUT2D eigenvalue weighted by Crippen LogP contribution is 2.20. The van der Waals surface area contributed by atoms with Gasteiger partial charge in [0, 0.05) is 29.2 Å². The molecule has 0 atom stereocenters. The summed E-state index contributed by atoms with van der Waals surface area (Å²) in [6.45, 7) is 2.13. The molecule has 0 aliphatic heterocycles. The molecule has 2 aromatic rings. The number of anilines is 1. The molecule has 130 valence electrons. The van der Waals surface area contributed by atoms with Gasteiger partial charge in [-0.05, 0) is 48.4 Å². The molecule has 6 heteroatoms. The van der Waals surface area contributed by atoms with Crippen LogP contribution in [0.2, 0.25) is 0 Å². The second kappa shape index (κ2) is 9.13. The lowest BCUT2D eigenvalue weighted by molar-refractivity contribution is -0.117. The topological polar surface area (TPSA) is 58.2 Å². The number of nitrogens with one attached hydrogen (secondary N) is 2. The molecule has 2 aromatic carbocycles. The van der Waals surface area contributed by atoms with Crippen LogP contribution in [0.5, 0.6) is 0 Å². The maximum Gasteiger partial charge on any atom is 0.244 e. The van der Waals surface area contributed by atoms with Crippen LogP contribution in [0.1, 0.15) is 17.5 Å². The lowest BCUT2D eigenvalue weighted by Gasteiger charge is -2.09. The van der Waals surface area contributed by atoms with Crippen molar-refractivity contribution in [2.75, 3.05) is 11.9 Å². The fourth-order valence-corrected chi connectivity index (χ4v) is 2.41. The van der Waals surface area contributed by atoms with Gasteiger partial charge in [-0.3, -0.25) is 9.59 Å². The average molecular weight is 405 g/mol. The Hall–Kier alpha value is -2.47. The van der Waals surface area contributed by atoms with Gasteiger partial charge in [0.1, 0.15) is 5.82 Å². The van der Waals surface area contributed by atoms with Crippen LogP contribution in [-0.4, -0.2) is 18.4 Å². The molecule has 0 bridgehead atoms. The Bertz CT molecular complexity index is 789. The molecule has 0 aliphatic carbocycles. The number of amides is 2. The van der Waals surface area contributed by atoms with Gasteiger partial charge < -0.3 is 10.6 Å². The van der Waals surface area contributed by atoms with Crippen LogP contribution in [0.15, 0.2) is 53.0 Å². The maximum atomic E-state index is 12.8. The number of benzene rings is 2. The largest absolute Gasteiger partial charge is 0.352 e. The summed E-state index contributed by atoms with van der Waals surface area (Å²) in [5.41, 5.74) is 2.42. The molecule has 0 fully saturated rings. The normalized spacial score (nSPS) is 10.7. The van der Waals surface area contributed by atoms with E-state index in [4.69, 9.17) is 0 Å². The molecule has 4 nitrogen and oxygen atoms in total. The molecule has 2 rings (SSSR count). The number of carbonyl (C=O) groups is 2.